The van der Waals surface area contributed by atoms with E-state index in [1.54, 1.807) is 18.1 Å². The first-order valence-electron chi connectivity index (χ1n) is 6.38. The molecule has 2 unspecified atom stereocenters. The van der Waals surface area contributed by atoms with Crippen LogP contribution >= 0.6 is 0 Å². The zero-order valence-electron chi connectivity index (χ0n) is 11.2. The topological polar surface area (TPSA) is 55.6 Å². The van der Waals surface area contributed by atoms with E-state index in [4.69, 9.17) is 10.5 Å². The Morgan fingerprint density at radius 1 is 1.53 bits per heavy atom. The molecule has 0 spiro atoms. The molecule has 0 radical (unpaired) electrons. The van der Waals surface area contributed by atoms with Gasteiger partial charge in [-0.1, -0.05) is 6.07 Å². The van der Waals surface area contributed by atoms with Gasteiger partial charge >= 0.3 is 6.03 Å². The molecule has 5 heteroatoms. The molecule has 2 atom stereocenters. The largest absolute Gasteiger partial charge is 0.381 e. The molecule has 1 aromatic rings. The summed E-state index contributed by atoms with van der Waals surface area (Å²) in [4.78, 5) is 13.2. The fraction of sp³-hybridized carbons (Fsp3) is 0.500. The molecule has 0 aliphatic carbocycles. The van der Waals surface area contributed by atoms with Crippen LogP contribution in [0, 0.1) is 12.7 Å². The molecule has 0 bridgehead atoms. The highest BCUT2D eigenvalue weighted by Crippen LogP contribution is 2.33. The van der Waals surface area contributed by atoms with E-state index in [1.165, 1.54) is 12.1 Å². The van der Waals surface area contributed by atoms with Crippen LogP contribution in [0.3, 0.4) is 0 Å². The van der Waals surface area contributed by atoms with Gasteiger partial charge in [-0.2, -0.15) is 0 Å². The van der Waals surface area contributed by atoms with Gasteiger partial charge in [0.1, 0.15) is 5.82 Å². The maximum atomic E-state index is 13.2. The van der Waals surface area contributed by atoms with Gasteiger partial charge in [-0.25, -0.2) is 9.18 Å². The van der Waals surface area contributed by atoms with E-state index < -0.39 is 6.03 Å². The summed E-state index contributed by atoms with van der Waals surface area (Å²) in [7, 11) is 1.67. The Balaban J connectivity index is 2.33. The number of aryl methyl sites for hydroxylation is 1. The standard InChI is InChI=1S/C14H19FN2O2/c1-9-7-10(15)3-4-12(9)13-8-11(19-2)5-6-17(13)14(16)18/h3-4,7,11,13H,5-6,8H2,1-2H3,(H2,16,18). The van der Waals surface area contributed by atoms with Gasteiger partial charge in [0.2, 0.25) is 0 Å². The number of benzene rings is 1. The van der Waals surface area contributed by atoms with Crippen molar-refractivity contribution >= 4 is 6.03 Å². The molecule has 1 fully saturated rings. The lowest BCUT2D eigenvalue weighted by atomic mass is 9.91. The Hall–Kier alpha value is -1.62. The number of ether oxygens (including phenoxy) is 1. The number of likely N-dealkylation sites (tertiary alicyclic amines) is 1. The highest BCUT2D eigenvalue weighted by molar-refractivity contribution is 5.73. The van der Waals surface area contributed by atoms with Crippen molar-refractivity contribution in [3.05, 3.63) is 35.1 Å². The zero-order valence-corrected chi connectivity index (χ0v) is 11.2. The minimum atomic E-state index is -0.441. The first-order chi connectivity index (χ1) is 9.02. The first-order valence-corrected chi connectivity index (χ1v) is 6.38. The molecule has 0 saturated carbocycles. The smallest absolute Gasteiger partial charge is 0.315 e. The maximum absolute atomic E-state index is 13.2. The van der Waals surface area contributed by atoms with Crippen LogP contribution in [0.4, 0.5) is 9.18 Å². The quantitative estimate of drug-likeness (QED) is 0.893. The highest BCUT2D eigenvalue weighted by Gasteiger charge is 2.32. The van der Waals surface area contributed by atoms with Gasteiger partial charge in [0.25, 0.3) is 0 Å². The molecule has 4 nitrogen and oxygen atoms in total. The van der Waals surface area contributed by atoms with Crippen LogP contribution in [0.2, 0.25) is 0 Å². The average molecular weight is 266 g/mol. The van der Waals surface area contributed by atoms with E-state index in [1.807, 2.05) is 6.92 Å². The molecular formula is C14H19FN2O2. The Labute approximate surface area is 112 Å². The molecule has 0 aromatic heterocycles. The van der Waals surface area contributed by atoms with Crippen molar-refractivity contribution in [1.82, 2.24) is 4.90 Å². The number of rotatable bonds is 2. The van der Waals surface area contributed by atoms with Crippen molar-refractivity contribution in [2.75, 3.05) is 13.7 Å². The molecule has 1 aliphatic rings. The van der Waals surface area contributed by atoms with E-state index in [2.05, 4.69) is 0 Å². The summed E-state index contributed by atoms with van der Waals surface area (Å²) in [5.41, 5.74) is 7.19. The predicted octanol–water partition coefficient (Wildman–Crippen LogP) is 2.36. The van der Waals surface area contributed by atoms with Gasteiger partial charge in [-0.15, -0.1) is 0 Å². The summed E-state index contributed by atoms with van der Waals surface area (Å²) in [6.07, 6.45) is 1.56. The number of hydrogen-bond donors (Lipinski definition) is 1. The van der Waals surface area contributed by atoms with Crippen molar-refractivity contribution in [2.24, 2.45) is 5.73 Å². The second kappa shape index (κ2) is 5.57. The Bertz CT molecular complexity index is 479. The van der Waals surface area contributed by atoms with Crippen LogP contribution in [-0.4, -0.2) is 30.7 Å². The Morgan fingerprint density at radius 2 is 2.26 bits per heavy atom. The SMILES string of the molecule is COC1CCN(C(N)=O)C(c2ccc(F)cc2C)C1. The van der Waals surface area contributed by atoms with Gasteiger partial charge in [-0.3, -0.25) is 0 Å². The van der Waals surface area contributed by atoms with E-state index >= 15 is 0 Å². The molecule has 1 aromatic carbocycles. The number of primary amides is 1. The molecular weight excluding hydrogens is 247 g/mol. The second-order valence-electron chi connectivity index (χ2n) is 4.93. The van der Waals surface area contributed by atoms with Crippen molar-refractivity contribution in [3.63, 3.8) is 0 Å². The molecule has 1 aliphatic heterocycles. The Kier molecular flexibility index (Phi) is 4.04. The monoisotopic (exact) mass is 266 g/mol. The van der Waals surface area contributed by atoms with Gasteiger partial charge in [-0.05, 0) is 43.0 Å². The first kappa shape index (κ1) is 13.8. The van der Waals surface area contributed by atoms with Crippen molar-refractivity contribution in [1.29, 1.82) is 0 Å². The van der Waals surface area contributed by atoms with Crippen LogP contribution < -0.4 is 5.73 Å². The average Bonchev–Trinajstić information content (AvgIpc) is 2.38. The molecule has 19 heavy (non-hydrogen) atoms. The number of halogens is 1. The number of methoxy groups -OCH3 is 1. The molecule has 2 rings (SSSR count). The maximum Gasteiger partial charge on any atom is 0.315 e. The summed E-state index contributed by atoms with van der Waals surface area (Å²) in [6.45, 7) is 2.41. The summed E-state index contributed by atoms with van der Waals surface area (Å²) in [6, 6.07) is 4.03. The van der Waals surface area contributed by atoms with Gasteiger partial charge in [0, 0.05) is 13.7 Å². The van der Waals surface area contributed by atoms with Crippen LogP contribution in [0.25, 0.3) is 0 Å². The van der Waals surface area contributed by atoms with Crippen LogP contribution in [0.15, 0.2) is 18.2 Å². The van der Waals surface area contributed by atoms with Gasteiger partial charge in [0.15, 0.2) is 0 Å². The zero-order chi connectivity index (χ0) is 14.0. The van der Waals surface area contributed by atoms with Crippen LogP contribution in [-0.2, 0) is 4.74 Å². The number of nitrogens with two attached hydrogens (primary N) is 1. The third kappa shape index (κ3) is 2.87. The summed E-state index contributed by atoms with van der Waals surface area (Å²) < 4.78 is 18.6. The fourth-order valence-corrected chi connectivity index (χ4v) is 2.72. The van der Waals surface area contributed by atoms with Crippen molar-refractivity contribution in [2.45, 2.75) is 31.9 Å². The number of hydrogen-bond acceptors (Lipinski definition) is 2. The number of amides is 2. The van der Waals surface area contributed by atoms with Gasteiger partial charge in [0.05, 0.1) is 12.1 Å². The second-order valence-corrected chi connectivity index (χ2v) is 4.93. The third-order valence-corrected chi connectivity index (χ3v) is 3.76. The van der Waals surface area contributed by atoms with Crippen LogP contribution in [0.1, 0.15) is 30.0 Å². The number of nitrogens with zero attached hydrogens (tertiary/aromatic N) is 1. The van der Waals surface area contributed by atoms with E-state index in [0.29, 0.717) is 13.0 Å². The summed E-state index contributed by atoms with van der Waals surface area (Å²) in [5, 5.41) is 0. The lowest BCUT2D eigenvalue weighted by Gasteiger charge is -2.38. The van der Waals surface area contributed by atoms with Crippen molar-refractivity contribution < 1.29 is 13.9 Å². The van der Waals surface area contributed by atoms with E-state index in [-0.39, 0.29) is 18.0 Å². The predicted molar refractivity (Wildman–Crippen MR) is 70.2 cm³/mol. The fourth-order valence-electron chi connectivity index (χ4n) is 2.72. The summed E-state index contributed by atoms with van der Waals surface area (Å²) >= 11 is 0. The minimum absolute atomic E-state index is 0.102. The highest BCUT2D eigenvalue weighted by atomic mass is 19.1. The Morgan fingerprint density at radius 3 is 2.84 bits per heavy atom. The van der Waals surface area contributed by atoms with Gasteiger partial charge < -0.3 is 15.4 Å². The third-order valence-electron chi connectivity index (χ3n) is 3.76. The minimum Gasteiger partial charge on any atom is -0.381 e. The van der Waals surface area contributed by atoms with E-state index in [9.17, 15) is 9.18 Å². The molecule has 1 saturated heterocycles. The number of carbonyl (C=O) groups excluding carboxylic acids is 1. The van der Waals surface area contributed by atoms with Crippen LogP contribution in [0.5, 0.6) is 0 Å². The molecule has 2 N–H and O–H groups in total. The van der Waals surface area contributed by atoms with Crippen molar-refractivity contribution in [3.8, 4) is 0 Å². The molecule has 2 amide bonds. The van der Waals surface area contributed by atoms with E-state index in [0.717, 1.165) is 17.5 Å². The molecule has 104 valence electrons. The summed E-state index contributed by atoms with van der Waals surface area (Å²) in [5.74, 6) is -0.272. The normalized spacial score (nSPS) is 23.4. The molecule has 1 heterocycles. The number of piperidine rings is 1. The number of urea groups is 1. The lowest BCUT2D eigenvalue weighted by Crippen LogP contribution is -2.45. The number of carbonyl (C=O) groups is 1. The lowest BCUT2D eigenvalue weighted by molar-refractivity contribution is 0.0257.